The number of hydrogen-bond donors (Lipinski definition) is 0. The normalized spacial score (nSPS) is 11.8. The van der Waals surface area contributed by atoms with Crippen LogP contribution in [0.15, 0.2) is 87.0 Å². The van der Waals surface area contributed by atoms with E-state index in [0.29, 0.717) is 11.0 Å². The van der Waals surface area contributed by atoms with Crippen molar-refractivity contribution in [2.24, 2.45) is 4.99 Å². The third kappa shape index (κ3) is 2.97. The maximum absolute atomic E-state index is 13.1. The van der Waals surface area contributed by atoms with E-state index in [-0.39, 0.29) is 11.2 Å². The summed E-state index contributed by atoms with van der Waals surface area (Å²) in [6.07, 6.45) is 0. The van der Waals surface area contributed by atoms with Gasteiger partial charge in [-0.25, -0.2) is 4.57 Å². The Labute approximate surface area is 150 Å². The standard InChI is InChI=1S/C22H18N2O2/c1-15-7-11-17(12-8-15)23-22-24(18-13-9-16(2)10-14-18)21(25)19-5-3-4-6-20(19)26-22/h3-14H,1-2H3. The van der Waals surface area contributed by atoms with Crippen LogP contribution in [0.3, 0.4) is 0 Å². The molecule has 4 nitrogen and oxygen atoms in total. The Hall–Kier alpha value is -3.40. The van der Waals surface area contributed by atoms with Crippen LogP contribution in [0.2, 0.25) is 0 Å². The van der Waals surface area contributed by atoms with Gasteiger partial charge in [0.2, 0.25) is 0 Å². The Kier molecular flexibility index (Phi) is 4.01. The van der Waals surface area contributed by atoms with Gasteiger partial charge in [0.1, 0.15) is 5.58 Å². The fraction of sp³-hybridized carbons (Fsp3) is 0.0909. The summed E-state index contributed by atoms with van der Waals surface area (Å²) in [4.78, 5) is 17.7. The van der Waals surface area contributed by atoms with Crippen molar-refractivity contribution >= 4 is 16.7 Å². The lowest BCUT2D eigenvalue weighted by molar-refractivity contribution is 0.486. The van der Waals surface area contributed by atoms with E-state index >= 15 is 0 Å². The van der Waals surface area contributed by atoms with Gasteiger partial charge in [0, 0.05) is 0 Å². The van der Waals surface area contributed by atoms with E-state index in [4.69, 9.17) is 4.42 Å². The number of benzene rings is 3. The summed E-state index contributed by atoms with van der Waals surface area (Å²) in [7, 11) is 0. The lowest BCUT2D eigenvalue weighted by atomic mass is 10.2. The molecule has 0 fully saturated rings. The van der Waals surface area contributed by atoms with Gasteiger partial charge in [-0.2, -0.15) is 4.99 Å². The Bertz CT molecular complexity index is 1200. The van der Waals surface area contributed by atoms with Crippen LogP contribution in [0.5, 0.6) is 0 Å². The highest BCUT2D eigenvalue weighted by Gasteiger charge is 2.10. The molecular weight excluding hydrogens is 324 g/mol. The van der Waals surface area contributed by atoms with Gasteiger partial charge in [0.15, 0.2) is 0 Å². The highest BCUT2D eigenvalue weighted by atomic mass is 16.3. The van der Waals surface area contributed by atoms with Gasteiger partial charge in [-0.3, -0.25) is 4.79 Å². The lowest BCUT2D eigenvalue weighted by Crippen LogP contribution is -2.31. The van der Waals surface area contributed by atoms with Gasteiger partial charge >= 0.3 is 5.68 Å². The van der Waals surface area contributed by atoms with Crippen LogP contribution in [-0.4, -0.2) is 4.57 Å². The highest BCUT2D eigenvalue weighted by molar-refractivity contribution is 5.75. The molecule has 26 heavy (non-hydrogen) atoms. The first-order chi connectivity index (χ1) is 12.6. The Balaban J connectivity index is 2.07. The van der Waals surface area contributed by atoms with E-state index in [9.17, 15) is 4.79 Å². The van der Waals surface area contributed by atoms with Crippen molar-refractivity contribution in [1.29, 1.82) is 0 Å². The molecule has 4 aromatic rings. The highest BCUT2D eigenvalue weighted by Crippen LogP contribution is 2.14. The lowest BCUT2D eigenvalue weighted by Gasteiger charge is -2.08. The molecule has 128 valence electrons. The predicted octanol–water partition coefficient (Wildman–Crippen LogP) is 4.43. The molecule has 1 heterocycles. The molecule has 0 aliphatic rings. The van der Waals surface area contributed by atoms with Crippen molar-refractivity contribution in [3.05, 3.63) is 100.0 Å². The molecule has 0 aliphatic carbocycles. The summed E-state index contributed by atoms with van der Waals surface area (Å²) in [5.74, 6) is 0. The fourth-order valence-electron chi connectivity index (χ4n) is 2.81. The number of hydrogen-bond acceptors (Lipinski definition) is 3. The second-order valence-corrected chi connectivity index (χ2v) is 6.30. The third-order valence-corrected chi connectivity index (χ3v) is 4.26. The van der Waals surface area contributed by atoms with Crippen LogP contribution in [0.4, 0.5) is 5.69 Å². The van der Waals surface area contributed by atoms with Crippen molar-refractivity contribution in [2.75, 3.05) is 0 Å². The van der Waals surface area contributed by atoms with Crippen molar-refractivity contribution in [1.82, 2.24) is 4.57 Å². The maximum Gasteiger partial charge on any atom is 0.310 e. The molecule has 0 bridgehead atoms. The van der Waals surface area contributed by atoms with Gasteiger partial charge in [-0.05, 0) is 50.2 Å². The monoisotopic (exact) mass is 342 g/mol. The molecule has 0 amide bonds. The van der Waals surface area contributed by atoms with E-state index in [1.165, 1.54) is 4.57 Å². The quantitative estimate of drug-likeness (QED) is 0.541. The summed E-state index contributed by atoms with van der Waals surface area (Å²) >= 11 is 0. The topological polar surface area (TPSA) is 47.5 Å². The second-order valence-electron chi connectivity index (χ2n) is 6.30. The van der Waals surface area contributed by atoms with Gasteiger partial charge in [-0.15, -0.1) is 0 Å². The van der Waals surface area contributed by atoms with Gasteiger partial charge in [0.25, 0.3) is 5.56 Å². The Morgan fingerprint density at radius 1 is 0.808 bits per heavy atom. The average molecular weight is 342 g/mol. The molecule has 0 unspecified atom stereocenters. The number of aryl methyl sites for hydroxylation is 2. The van der Waals surface area contributed by atoms with Gasteiger partial charge < -0.3 is 4.42 Å². The van der Waals surface area contributed by atoms with Crippen molar-refractivity contribution in [2.45, 2.75) is 13.8 Å². The van der Waals surface area contributed by atoms with Crippen molar-refractivity contribution < 1.29 is 4.42 Å². The Morgan fingerprint density at radius 2 is 1.42 bits per heavy atom. The number of fused-ring (bicyclic) bond motifs is 1. The first kappa shape index (κ1) is 16.1. The number of aromatic nitrogens is 1. The van der Waals surface area contributed by atoms with E-state index < -0.39 is 0 Å². The number of nitrogens with zero attached hydrogens (tertiary/aromatic N) is 2. The molecule has 1 aromatic heterocycles. The number of rotatable bonds is 2. The van der Waals surface area contributed by atoms with Crippen LogP contribution in [0.1, 0.15) is 11.1 Å². The molecular formula is C22H18N2O2. The third-order valence-electron chi connectivity index (χ3n) is 4.26. The number of para-hydroxylation sites is 1. The molecule has 4 rings (SSSR count). The molecule has 4 heteroatoms. The summed E-state index contributed by atoms with van der Waals surface area (Å²) in [6, 6.07) is 22.7. The maximum atomic E-state index is 13.1. The summed E-state index contributed by atoms with van der Waals surface area (Å²) in [5, 5.41) is 0.524. The molecule has 0 spiro atoms. The first-order valence-electron chi connectivity index (χ1n) is 8.45. The van der Waals surface area contributed by atoms with Crippen LogP contribution in [0, 0.1) is 13.8 Å². The van der Waals surface area contributed by atoms with Crippen LogP contribution in [-0.2, 0) is 0 Å². The van der Waals surface area contributed by atoms with Gasteiger partial charge in [0.05, 0.1) is 16.8 Å². The first-order valence-corrected chi connectivity index (χ1v) is 8.45. The minimum Gasteiger partial charge on any atom is -0.424 e. The van der Waals surface area contributed by atoms with Gasteiger partial charge in [-0.1, -0.05) is 47.5 Å². The van der Waals surface area contributed by atoms with E-state index in [0.717, 1.165) is 22.5 Å². The van der Waals surface area contributed by atoms with Crippen molar-refractivity contribution in [3.63, 3.8) is 0 Å². The zero-order valence-electron chi connectivity index (χ0n) is 14.6. The second kappa shape index (κ2) is 6.48. The molecule has 0 saturated carbocycles. The summed E-state index contributed by atoms with van der Waals surface area (Å²) in [5.41, 5.74) is 4.34. The summed E-state index contributed by atoms with van der Waals surface area (Å²) < 4.78 is 7.50. The smallest absolute Gasteiger partial charge is 0.310 e. The molecule has 0 saturated heterocycles. The van der Waals surface area contributed by atoms with E-state index in [1.54, 1.807) is 12.1 Å². The SMILES string of the molecule is Cc1ccc(N=c2oc3ccccc3c(=O)n2-c2ccc(C)cc2)cc1. The van der Waals surface area contributed by atoms with Crippen LogP contribution < -0.4 is 11.2 Å². The molecule has 0 aliphatic heterocycles. The minimum atomic E-state index is -0.151. The predicted molar refractivity (Wildman–Crippen MR) is 103 cm³/mol. The minimum absolute atomic E-state index is 0.151. The van der Waals surface area contributed by atoms with E-state index in [1.807, 2.05) is 74.5 Å². The summed E-state index contributed by atoms with van der Waals surface area (Å²) in [6.45, 7) is 4.03. The van der Waals surface area contributed by atoms with Crippen LogP contribution in [0.25, 0.3) is 16.7 Å². The average Bonchev–Trinajstić information content (AvgIpc) is 2.65. The fourth-order valence-corrected chi connectivity index (χ4v) is 2.81. The Morgan fingerprint density at radius 3 is 2.12 bits per heavy atom. The molecule has 0 N–H and O–H groups in total. The van der Waals surface area contributed by atoms with E-state index in [2.05, 4.69) is 4.99 Å². The molecule has 0 radical (unpaired) electrons. The van der Waals surface area contributed by atoms with Crippen LogP contribution >= 0.6 is 0 Å². The zero-order chi connectivity index (χ0) is 18.1. The molecule has 0 atom stereocenters. The van der Waals surface area contributed by atoms with Crippen molar-refractivity contribution in [3.8, 4) is 5.69 Å². The zero-order valence-corrected chi connectivity index (χ0v) is 14.6. The molecule has 3 aromatic carbocycles. The largest absolute Gasteiger partial charge is 0.424 e.